The summed E-state index contributed by atoms with van der Waals surface area (Å²) in [4.78, 5) is 12.5. The lowest BCUT2D eigenvalue weighted by molar-refractivity contribution is 0.0948. The van der Waals surface area contributed by atoms with Crippen molar-refractivity contribution in [3.8, 4) is 0 Å². The first-order valence-corrected chi connectivity index (χ1v) is 10.3. The van der Waals surface area contributed by atoms with Crippen LogP contribution in [0.25, 0.3) is 0 Å². The highest BCUT2D eigenvalue weighted by molar-refractivity contribution is 7.92. The second kappa shape index (κ2) is 8.08. The van der Waals surface area contributed by atoms with Gasteiger partial charge < -0.3 is 9.73 Å². The highest BCUT2D eigenvalue weighted by Crippen LogP contribution is 2.27. The van der Waals surface area contributed by atoms with Crippen LogP contribution in [0, 0.1) is 6.92 Å². The molecule has 0 radical (unpaired) electrons. The fourth-order valence-corrected chi connectivity index (χ4v) is 4.11. The highest BCUT2D eigenvalue weighted by Gasteiger charge is 2.23. The third-order valence-corrected chi connectivity index (χ3v) is 6.31. The number of hydrogen-bond acceptors (Lipinski definition) is 4. The number of rotatable bonds is 6. The van der Waals surface area contributed by atoms with Gasteiger partial charge in [0.05, 0.1) is 23.4 Å². The number of hydrogen-bond donors (Lipinski definition) is 1. The highest BCUT2D eigenvalue weighted by atomic mass is 35.5. The summed E-state index contributed by atoms with van der Waals surface area (Å²) in [6, 6.07) is 14.4. The summed E-state index contributed by atoms with van der Waals surface area (Å²) in [5, 5.41) is 3.22. The molecule has 28 heavy (non-hydrogen) atoms. The van der Waals surface area contributed by atoms with Crippen molar-refractivity contribution in [1.82, 2.24) is 5.32 Å². The number of benzene rings is 2. The molecule has 0 aliphatic carbocycles. The standard InChI is InChI=1S/C20H19ClN2O4S/c1-14-12-15(20(24)22-13-17-4-3-11-27-17)5-10-19(14)23(2)28(25,26)18-8-6-16(21)7-9-18/h3-12H,13H2,1-2H3,(H,22,24). The van der Waals surface area contributed by atoms with Crippen molar-refractivity contribution in [3.63, 3.8) is 0 Å². The lowest BCUT2D eigenvalue weighted by atomic mass is 10.1. The maximum Gasteiger partial charge on any atom is 0.264 e. The van der Waals surface area contributed by atoms with Crippen molar-refractivity contribution >= 4 is 33.2 Å². The lowest BCUT2D eigenvalue weighted by Crippen LogP contribution is -2.27. The van der Waals surface area contributed by atoms with Crippen molar-refractivity contribution in [3.05, 3.63) is 82.8 Å². The SMILES string of the molecule is Cc1cc(C(=O)NCc2ccco2)ccc1N(C)S(=O)(=O)c1ccc(Cl)cc1. The van der Waals surface area contributed by atoms with Crippen LogP contribution in [0.3, 0.4) is 0 Å². The Morgan fingerprint density at radius 1 is 1.14 bits per heavy atom. The number of halogens is 1. The largest absolute Gasteiger partial charge is 0.467 e. The number of nitrogens with zero attached hydrogens (tertiary/aromatic N) is 1. The zero-order valence-electron chi connectivity index (χ0n) is 15.3. The molecule has 3 rings (SSSR count). The minimum Gasteiger partial charge on any atom is -0.467 e. The van der Waals surface area contributed by atoms with E-state index in [1.165, 1.54) is 41.9 Å². The smallest absolute Gasteiger partial charge is 0.264 e. The number of amides is 1. The Bertz CT molecular complexity index is 1080. The monoisotopic (exact) mass is 418 g/mol. The Morgan fingerprint density at radius 3 is 2.46 bits per heavy atom. The van der Waals surface area contributed by atoms with Gasteiger partial charge in [0, 0.05) is 17.6 Å². The Hall–Kier alpha value is -2.77. The molecule has 0 aliphatic rings. The Labute approximate surface area is 168 Å². The molecule has 2 aromatic carbocycles. The van der Waals surface area contributed by atoms with Crippen LogP contribution in [0.15, 0.2) is 70.2 Å². The van der Waals surface area contributed by atoms with E-state index >= 15 is 0 Å². The van der Waals surface area contributed by atoms with Crippen molar-refractivity contribution < 1.29 is 17.6 Å². The number of anilines is 1. The van der Waals surface area contributed by atoms with Crippen LogP contribution < -0.4 is 9.62 Å². The minimum atomic E-state index is -3.74. The summed E-state index contributed by atoms with van der Waals surface area (Å²) in [6.07, 6.45) is 1.54. The topological polar surface area (TPSA) is 79.6 Å². The van der Waals surface area contributed by atoms with Crippen LogP contribution in [0.1, 0.15) is 21.7 Å². The molecule has 0 spiro atoms. The molecule has 3 aromatic rings. The summed E-state index contributed by atoms with van der Waals surface area (Å²) < 4.78 is 32.1. The van der Waals surface area contributed by atoms with E-state index in [1.54, 1.807) is 37.3 Å². The average Bonchev–Trinajstić information content (AvgIpc) is 3.19. The number of carbonyl (C=O) groups excluding carboxylic acids is 1. The molecule has 0 saturated carbocycles. The summed E-state index contributed by atoms with van der Waals surface area (Å²) in [5.41, 5.74) is 1.58. The maximum absolute atomic E-state index is 12.8. The number of carbonyl (C=O) groups is 1. The summed E-state index contributed by atoms with van der Waals surface area (Å²) >= 11 is 5.84. The maximum atomic E-state index is 12.8. The van der Waals surface area contributed by atoms with Crippen molar-refractivity contribution in [2.45, 2.75) is 18.4 Å². The van der Waals surface area contributed by atoms with Crippen LogP contribution in [0.5, 0.6) is 0 Å². The Morgan fingerprint density at radius 2 is 1.86 bits per heavy atom. The molecule has 1 aromatic heterocycles. The fourth-order valence-electron chi connectivity index (χ4n) is 2.73. The predicted molar refractivity (Wildman–Crippen MR) is 108 cm³/mol. The van der Waals surface area contributed by atoms with Gasteiger partial charge >= 0.3 is 0 Å². The normalized spacial score (nSPS) is 11.2. The molecular formula is C20H19ClN2O4S. The van der Waals surface area contributed by atoms with Crippen LogP contribution in [0.4, 0.5) is 5.69 Å². The van der Waals surface area contributed by atoms with Gasteiger partial charge in [-0.15, -0.1) is 0 Å². The molecule has 0 atom stereocenters. The van der Waals surface area contributed by atoms with Crippen LogP contribution >= 0.6 is 11.6 Å². The van der Waals surface area contributed by atoms with E-state index in [-0.39, 0.29) is 17.3 Å². The van der Waals surface area contributed by atoms with Crippen molar-refractivity contribution in [1.29, 1.82) is 0 Å². The zero-order chi connectivity index (χ0) is 20.3. The molecular weight excluding hydrogens is 400 g/mol. The van der Waals surface area contributed by atoms with E-state index in [9.17, 15) is 13.2 Å². The molecule has 6 nitrogen and oxygen atoms in total. The van der Waals surface area contributed by atoms with Gasteiger partial charge in [-0.05, 0) is 67.1 Å². The van der Waals surface area contributed by atoms with Crippen LogP contribution in [-0.4, -0.2) is 21.4 Å². The number of aryl methyl sites for hydroxylation is 1. The minimum absolute atomic E-state index is 0.138. The van der Waals surface area contributed by atoms with Gasteiger partial charge in [0.2, 0.25) is 0 Å². The quantitative estimate of drug-likeness (QED) is 0.656. The molecule has 1 N–H and O–H groups in total. The third-order valence-electron chi connectivity index (χ3n) is 4.27. The van der Waals surface area contributed by atoms with Gasteiger partial charge in [0.25, 0.3) is 15.9 Å². The van der Waals surface area contributed by atoms with Gasteiger partial charge in [-0.3, -0.25) is 9.10 Å². The first-order chi connectivity index (χ1) is 13.3. The van der Waals surface area contributed by atoms with E-state index in [1.807, 2.05) is 0 Å². The van der Waals surface area contributed by atoms with Gasteiger partial charge in [0.1, 0.15) is 5.76 Å². The lowest BCUT2D eigenvalue weighted by Gasteiger charge is -2.22. The Balaban J connectivity index is 1.79. The van der Waals surface area contributed by atoms with Gasteiger partial charge in [-0.1, -0.05) is 11.6 Å². The third kappa shape index (κ3) is 4.21. The summed E-state index contributed by atoms with van der Waals surface area (Å²) in [7, 11) is -2.27. The molecule has 0 unspecified atom stereocenters. The zero-order valence-corrected chi connectivity index (χ0v) is 16.9. The van der Waals surface area contributed by atoms with E-state index < -0.39 is 10.0 Å². The van der Waals surface area contributed by atoms with Crippen LogP contribution in [-0.2, 0) is 16.6 Å². The molecule has 0 saturated heterocycles. The molecule has 146 valence electrons. The van der Waals surface area contributed by atoms with Crippen molar-refractivity contribution in [2.24, 2.45) is 0 Å². The van der Waals surface area contributed by atoms with Crippen LogP contribution in [0.2, 0.25) is 5.02 Å². The van der Waals surface area contributed by atoms with Crippen molar-refractivity contribution in [2.75, 3.05) is 11.4 Å². The van der Waals surface area contributed by atoms with E-state index in [0.29, 0.717) is 27.6 Å². The summed E-state index contributed by atoms with van der Waals surface area (Å²) in [6.45, 7) is 2.03. The molecule has 1 amide bonds. The van der Waals surface area contributed by atoms with E-state index in [4.69, 9.17) is 16.0 Å². The number of furan rings is 1. The second-order valence-corrected chi connectivity index (χ2v) is 8.60. The summed E-state index contributed by atoms with van der Waals surface area (Å²) in [5.74, 6) is 0.379. The molecule has 0 bridgehead atoms. The average molecular weight is 419 g/mol. The molecule has 1 heterocycles. The molecule has 8 heteroatoms. The van der Waals surface area contributed by atoms with Gasteiger partial charge in [-0.25, -0.2) is 8.42 Å². The Kier molecular flexibility index (Phi) is 5.76. The first kappa shape index (κ1) is 20.0. The fraction of sp³-hybridized carbons (Fsp3) is 0.150. The predicted octanol–water partition coefficient (Wildman–Crippen LogP) is 4.00. The number of sulfonamides is 1. The number of nitrogens with one attached hydrogen (secondary N) is 1. The van der Waals surface area contributed by atoms with Gasteiger partial charge in [0.15, 0.2) is 0 Å². The van der Waals surface area contributed by atoms with E-state index in [0.717, 1.165) is 0 Å². The second-order valence-electron chi connectivity index (χ2n) is 6.19. The first-order valence-electron chi connectivity index (χ1n) is 8.45. The van der Waals surface area contributed by atoms with Gasteiger partial charge in [-0.2, -0.15) is 0 Å². The molecule has 0 aliphatic heterocycles. The molecule has 0 fully saturated rings. The van der Waals surface area contributed by atoms with E-state index in [2.05, 4.69) is 5.32 Å².